The molecule has 2 fully saturated rings. The van der Waals surface area contributed by atoms with Gasteiger partial charge in [-0.05, 0) is 45.1 Å². The minimum absolute atomic E-state index is 0.0822. The molecule has 2 aliphatic heterocycles. The molecule has 2 aliphatic rings. The number of anilines is 1. The van der Waals surface area contributed by atoms with Gasteiger partial charge in [0.25, 0.3) is 5.56 Å². The first kappa shape index (κ1) is 17.9. The van der Waals surface area contributed by atoms with Gasteiger partial charge in [-0.1, -0.05) is 0 Å². The van der Waals surface area contributed by atoms with Crippen molar-refractivity contribution in [1.29, 1.82) is 0 Å². The van der Waals surface area contributed by atoms with Gasteiger partial charge in [0, 0.05) is 39.3 Å². The normalized spacial score (nSPS) is 25.0. The Morgan fingerprint density at radius 2 is 2.20 bits per heavy atom. The van der Waals surface area contributed by atoms with Gasteiger partial charge in [-0.25, -0.2) is 4.68 Å². The fraction of sp³-hybridized carbons (Fsp3) is 0.722. The standard InChI is InChI=1S/C18H29N5O2/c1-18(6-3-7-19-13-18)17(25)20-11-14-4-8-23(9-5-14)15-10-16(24)22(2)21-12-15/h10,12,14,19H,3-9,11,13H2,1-2H3,(H,20,25). The number of aromatic nitrogens is 2. The summed E-state index contributed by atoms with van der Waals surface area (Å²) < 4.78 is 1.34. The van der Waals surface area contributed by atoms with E-state index in [0.717, 1.165) is 64.1 Å². The Labute approximate surface area is 148 Å². The van der Waals surface area contributed by atoms with Gasteiger partial charge in [0.1, 0.15) is 0 Å². The number of aryl methyl sites for hydroxylation is 1. The van der Waals surface area contributed by atoms with Gasteiger partial charge in [-0.3, -0.25) is 9.59 Å². The number of hydrogen-bond donors (Lipinski definition) is 2. The lowest BCUT2D eigenvalue weighted by Gasteiger charge is -2.35. The highest BCUT2D eigenvalue weighted by atomic mass is 16.2. The first-order chi connectivity index (χ1) is 12.0. The van der Waals surface area contributed by atoms with E-state index in [0.29, 0.717) is 5.92 Å². The van der Waals surface area contributed by atoms with Crippen LogP contribution in [0.3, 0.4) is 0 Å². The zero-order chi connectivity index (χ0) is 17.9. The van der Waals surface area contributed by atoms with Crippen molar-refractivity contribution in [3.05, 3.63) is 22.6 Å². The van der Waals surface area contributed by atoms with Crippen molar-refractivity contribution in [2.75, 3.05) is 37.6 Å². The first-order valence-electron chi connectivity index (χ1n) is 9.25. The van der Waals surface area contributed by atoms with Gasteiger partial charge in [0.05, 0.1) is 17.3 Å². The minimum Gasteiger partial charge on any atom is -0.370 e. The highest BCUT2D eigenvalue weighted by Gasteiger charge is 2.34. The monoisotopic (exact) mass is 347 g/mol. The van der Waals surface area contributed by atoms with Gasteiger partial charge < -0.3 is 15.5 Å². The second-order valence-corrected chi connectivity index (χ2v) is 7.66. The van der Waals surface area contributed by atoms with E-state index in [-0.39, 0.29) is 16.9 Å². The molecule has 0 radical (unpaired) electrons. The second-order valence-electron chi connectivity index (χ2n) is 7.66. The Hall–Kier alpha value is -1.89. The van der Waals surface area contributed by atoms with Crippen molar-refractivity contribution in [3.63, 3.8) is 0 Å². The van der Waals surface area contributed by atoms with Crippen molar-refractivity contribution in [2.45, 2.75) is 32.6 Å². The van der Waals surface area contributed by atoms with E-state index in [1.165, 1.54) is 4.68 Å². The maximum absolute atomic E-state index is 12.5. The molecule has 0 bridgehead atoms. The molecular formula is C18H29N5O2. The number of rotatable bonds is 4. The summed E-state index contributed by atoms with van der Waals surface area (Å²) in [6.07, 6.45) is 5.81. The third-order valence-corrected chi connectivity index (χ3v) is 5.63. The predicted molar refractivity (Wildman–Crippen MR) is 97.6 cm³/mol. The van der Waals surface area contributed by atoms with Crippen LogP contribution < -0.4 is 21.1 Å². The van der Waals surface area contributed by atoms with Crippen LogP contribution in [-0.4, -0.2) is 48.4 Å². The van der Waals surface area contributed by atoms with Crippen LogP contribution in [0.1, 0.15) is 32.6 Å². The van der Waals surface area contributed by atoms with Crippen LogP contribution in [0, 0.1) is 11.3 Å². The molecule has 25 heavy (non-hydrogen) atoms. The smallest absolute Gasteiger partial charge is 0.268 e. The molecule has 2 saturated heterocycles. The van der Waals surface area contributed by atoms with Crippen LogP contribution >= 0.6 is 0 Å². The van der Waals surface area contributed by atoms with Crippen molar-refractivity contribution >= 4 is 11.6 Å². The molecular weight excluding hydrogens is 318 g/mol. The maximum Gasteiger partial charge on any atom is 0.268 e. The fourth-order valence-electron chi connectivity index (χ4n) is 3.73. The number of hydrogen-bond acceptors (Lipinski definition) is 5. The van der Waals surface area contributed by atoms with Gasteiger partial charge >= 0.3 is 0 Å². The SMILES string of the molecule is Cn1ncc(N2CCC(CNC(=O)C3(C)CCCNC3)CC2)cc1=O. The largest absolute Gasteiger partial charge is 0.370 e. The van der Waals surface area contributed by atoms with E-state index in [1.54, 1.807) is 19.3 Å². The van der Waals surface area contributed by atoms with Crippen molar-refractivity contribution < 1.29 is 4.79 Å². The van der Waals surface area contributed by atoms with Crippen LogP contribution in [0.2, 0.25) is 0 Å². The zero-order valence-electron chi connectivity index (χ0n) is 15.3. The van der Waals surface area contributed by atoms with Gasteiger partial charge in [-0.15, -0.1) is 0 Å². The quantitative estimate of drug-likeness (QED) is 0.829. The number of nitrogens with zero attached hydrogens (tertiary/aromatic N) is 3. The molecule has 1 unspecified atom stereocenters. The Bertz CT molecular complexity index is 658. The molecule has 1 aromatic heterocycles. The molecule has 7 heteroatoms. The number of carbonyl (C=O) groups is 1. The number of piperidine rings is 2. The van der Waals surface area contributed by atoms with Gasteiger partial charge in [-0.2, -0.15) is 5.10 Å². The van der Waals surface area contributed by atoms with Crippen molar-refractivity contribution in [3.8, 4) is 0 Å². The Morgan fingerprint density at radius 3 is 2.84 bits per heavy atom. The Kier molecular flexibility index (Phi) is 5.42. The van der Waals surface area contributed by atoms with E-state index in [4.69, 9.17) is 0 Å². The molecule has 1 aromatic rings. The molecule has 7 nitrogen and oxygen atoms in total. The molecule has 0 spiro atoms. The number of carbonyl (C=O) groups excluding carboxylic acids is 1. The highest BCUT2D eigenvalue weighted by molar-refractivity contribution is 5.82. The van der Waals surface area contributed by atoms with E-state index < -0.39 is 0 Å². The average Bonchev–Trinajstić information content (AvgIpc) is 2.63. The second kappa shape index (κ2) is 7.56. The lowest BCUT2D eigenvalue weighted by Crippen LogP contribution is -2.50. The topological polar surface area (TPSA) is 79.3 Å². The summed E-state index contributed by atoms with van der Waals surface area (Å²) >= 11 is 0. The fourth-order valence-corrected chi connectivity index (χ4v) is 3.73. The Balaban J connectivity index is 1.47. The third-order valence-electron chi connectivity index (χ3n) is 5.63. The van der Waals surface area contributed by atoms with Gasteiger partial charge in [0.2, 0.25) is 5.91 Å². The molecule has 0 aromatic carbocycles. The van der Waals surface area contributed by atoms with Crippen LogP contribution in [0.15, 0.2) is 17.1 Å². The molecule has 3 heterocycles. The average molecular weight is 347 g/mol. The predicted octanol–water partition coefficient (Wildman–Crippen LogP) is 0.503. The molecule has 3 rings (SSSR count). The Morgan fingerprint density at radius 1 is 1.44 bits per heavy atom. The lowest BCUT2D eigenvalue weighted by atomic mass is 9.81. The van der Waals surface area contributed by atoms with Crippen LogP contribution in [0.4, 0.5) is 5.69 Å². The van der Waals surface area contributed by atoms with Crippen LogP contribution in [-0.2, 0) is 11.8 Å². The third kappa shape index (κ3) is 4.21. The van der Waals surface area contributed by atoms with Crippen LogP contribution in [0.25, 0.3) is 0 Å². The van der Waals surface area contributed by atoms with E-state index in [2.05, 4.69) is 27.6 Å². The summed E-state index contributed by atoms with van der Waals surface area (Å²) in [5, 5.41) is 10.6. The molecule has 0 aliphatic carbocycles. The first-order valence-corrected chi connectivity index (χ1v) is 9.25. The van der Waals surface area contributed by atoms with Crippen molar-refractivity contribution in [2.24, 2.45) is 18.4 Å². The summed E-state index contributed by atoms with van der Waals surface area (Å²) in [6, 6.07) is 1.64. The van der Waals surface area contributed by atoms with E-state index in [9.17, 15) is 9.59 Å². The highest BCUT2D eigenvalue weighted by Crippen LogP contribution is 2.26. The summed E-state index contributed by atoms with van der Waals surface area (Å²) in [6.45, 7) is 6.38. The summed E-state index contributed by atoms with van der Waals surface area (Å²) in [7, 11) is 1.66. The zero-order valence-corrected chi connectivity index (χ0v) is 15.3. The van der Waals surface area contributed by atoms with Crippen molar-refractivity contribution in [1.82, 2.24) is 20.4 Å². The maximum atomic E-state index is 12.5. The minimum atomic E-state index is -0.269. The molecule has 0 saturated carbocycles. The summed E-state index contributed by atoms with van der Waals surface area (Å²) in [5.74, 6) is 0.678. The van der Waals surface area contributed by atoms with E-state index in [1.807, 2.05) is 0 Å². The lowest BCUT2D eigenvalue weighted by molar-refractivity contribution is -0.131. The number of amides is 1. The summed E-state index contributed by atoms with van der Waals surface area (Å²) in [4.78, 5) is 26.4. The molecule has 1 atom stereocenters. The number of nitrogens with one attached hydrogen (secondary N) is 2. The van der Waals surface area contributed by atoms with Crippen LogP contribution in [0.5, 0.6) is 0 Å². The molecule has 1 amide bonds. The summed E-state index contributed by atoms with van der Waals surface area (Å²) in [5.41, 5.74) is 0.543. The van der Waals surface area contributed by atoms with E-state index >= 15 is 0 Å². The van der Waals surface area contributed by atoms with Gasteiger partial charge in [0.15, 0.2) is 0 Å². The molecule has 2 N–H and O–H groups in total. The molecule has 138 valence electrons.